The lowest BCUT2D eigenvalue weighted by atomic mass is 9.69. The first-order valence-electron chi connectivity index (χ1n) is 7.22. The van der Waals surface area contributed by atoms with Gasteiger partial charge in [0.25, 0.3) is 0 Å². The molecule has 0 aliphatic heterocycles. The number of benzene rings is 1. The van der Waals surface area contributed by atoms with E-state index in [0.717, 1.165) is 0 Å². The summed E-state index contributed by atoms with van der Waals surface area (Å²) in [4.78, 5) is 23.6. The molecule has 1 aromatic rings. The van der Waals surface area contributed by atoms with Crippen LogP contribution in [0.4, 0.5) is 0 Å². The zero-order chi connectivity index (χ0) is 15.9. The molecule has 0 bridgehead atoms. The van der Waals surface area contributed by atoms with Gasteiger partial charge in [-0.3, -0.25) is 9.59 Å². The molecule has 1 saturated carbocycles. The normalized spacial score (nSPS) is 16.6. The zero-order valence-electron chi connectivity index (χ0n) is 13.0. The monoisotopic (exact) mass is 288 g/mol. The Labute approximate surface area is 127 Å². The van der Waals surface area contributed by atoms with Crippen LogP contribution >= 0.6 is 0 Å². The molecule has 0 unspecified atom stereocenters. The highest BCUT2D eigenvalue weighted by molar-refractivity contribution is 5.84. The Morgan fingerprint density at radius 1 is 1.24 bits per heavy atom. The molecule has 0 aromatic heterocycles. The van der Waals surface area contributed by atoms with Gasteiger partial charge in [0, 0.05) is 12.8 Å². The Hall–Kier alpha value is -1.90. The number of carbonyl (C=O) groups excluding carboxylic acids is 2. The van der Waals surface area contributed by atoms with E-state index in [9.17, 15) is 9.59 Å². The number of aryl methyl sites for hydroxylation is 1. The molecular formula is C18H24O3. The van der Waals surface area contributed by atoms with E-state index in [4.69, 9.17) is 4.74 Å². The Morgan fingerprint density at radius 3 is 2.33 bits per heavy atom. The van der Waals surface area contributed by atoms with Crippen LogP contribution in [-0.2, 0) is 20.7 Å². The fourth-order valence-electron chi connectivity index (χ4n) is 2.85. The number of ether oxygens (including phenoxy) is 1. The van der Waals surface area contributed by atoms with E-state index in [1.54, 1.807) is 0 Å². The summed E-state index contributed by atoms with van der Waals surface area (Å²) >= 11 is 0. The van der Waals surface area contributed by atoms with Gasteiger partial charge in [-0.05, 0) is 37.3 Å². The lowest BCUT2D eigenvalue weighted by molar-refractivity contribution is -0.155. The maximum absolute atomic E-state index is 12.2. The first-order chi connectivity index (χ1) is 10.1. The highest BCUT2D eigenvalue weighted by atomic mass is 16.5. The summed E-state index contributed by atoms with van der Waals surface area (Å²) < 4.78 is 4.99. The molecule has 0 amide bonds. The van der Waals surface area contributed by atoms with Crippen LogP contribution in [0.15, 0.2) is 37.4 Å². The maximum Gasteiger partial charge on any atom is 0.312 e. The molecule has 1 aliphatic carbocycles. The third kappa shape index (κ3) is 4.03. The minimum absolute atomic E-state index is 0.178. The smallest absolute Gasteiger partial charge is 0.312 e. The molecule has 2 rings (SSSR count). The zero-order valence-corrected chi connectivity index (χ0v) is 13.0. The third-order valence-electron chi connectivity index (χ3n) is 4.17. The lowest BCUT2D eigenvalue weighted by Crippen LogP contribution is -2.38. The van der Waals surface area contributed by atoms with E-state index >= 15 is 0 Å². The van der Waals surface area contributed by atoms with Crippen LogP contribution in [0, 0.1) is 12.3 Å². The van der Waals surface area contributed by atoms with Crippen LogP contribution in [0.5, 0.6) is 0 Å². The average molecular weight is 288 g/mol. The average Bonchev–Trinajstić information content (AvgIpc) is 2.53. The van der Waals surface area contributed by atoms with Crippen molar-refractivity contribution in [1.29, 1.82) is 0 Å². The number of hydrogen-bond acceptors (Lipinski definition) is 3. The van der Waals surface area contributed by atoms with Crippen LogP contribution in [0.2, 0.25) is 0 Å². The summed E-state index contributed by atoms with van der Waals surface area (Å²) in [5, 5.41) is 0. The molecule has 1 fully saturated rings. The number of rotatable bonds is 3. The SMILES string of the molecule is C=C.COC(=O)C1(Cc2ccccc2C)CCC(=O)CC1. The number of Topliss-reactive ketones (excluding diaryl/α,β-unsaturated/α-hetero) is 1. The van der Waals surface area contributed by atoms with Gasteiger partial charge < -0.3 is 4.74 Å². The number of carbonyl (C=O) groups is 2. The van der Waals surface area contributed by atoms with E-state index in [0.29, 0.717) is 32.1 Å². The quantitative estimate of drug-likeness (QED) is 0.630. The minimum Gasteiger partial charge on any atom is -0.469 e. The van der Waals surface area contributed by atoms with Crippen molar-refractivity contribution in [3.8, 4) is 0 Å². The van der Waals surface area contributed by atoms with Crippen LogP contribution in [0.1, 0.15) is 36.8 Å². The van der Waals surface area contributed by atoms with E-state index in [2.05, 4.69) is 19.2 Å². The summed E-state index contributed by atoms with van der Waals surface area (Å²) in [6.45, 7) is 8.05. The first-order valence-corrected chi connectivity index (χ1v) is 7.22. The second kappa shape index (κ2) is 7.77. The standard InChI is InChI=1S/C16H20O3.C2H4/c1-12-5-3-4-6-13(12)11-16(15(18)19-2)9-7-14(17)8-10-16;1-2/h3-6H,7-11H2,1-2H3;1-2H2. The topological polar surface area (TPSA) is 43.4 Å². The van der Waals surface area contributed by atoms with Crippen LogP contribution in [-0.4, -0.2) is 18.9 Å². The predicted molar refractivity (Wildman–Crippen MR) is 84.1 cm³/mol. The molecule has 0 N–H and O–H groups in total. The van der Waals surface area contributed by atoms with Crippen molar-refractivity contribution in [3.05, 3.63) is 48.6 Å². The second-order valence-electron chi connectivity index (χ2n) is 5.41. The van der Waals surface area contributed by atoms with Crippen LogP contribution < -0.4 is 0 Å². The fourth-order valence-corrected chi connectivity index (χ4v) is 2.85. The Bertz CT molecular complexity index is 495. The van der Waals surface area contributed by atoms with E-state index in [1.165, 1.54) is 18.2 Å². The van der Waals surface area contributed by atoms with Gasteiger partial charge in [0.2, 0.25) is 0 Å². The largest absolute Gasteiger partial charge is 0.469 e. The Morgan fingerprint density at radius 2 is 1.81 bits per heavy atom. The van der Waals surface area contributed by atoms with Gasteiger partial charge in [-0.25, -0.2) is 0 Å². The molecule has 0 radical (unpaired) electrons. The lowest BCUT2D eigenvalue weighted by Gasteiger charge is -2.34. The second-order valence-corrected chi connectivity index (χ2v) is 5.41. The fraction of sp³-hybridized carbons (Fsp3) is 0.444. The summed E-state index contributed by atoms with van der Waals surface area (Å²) in [5.74, 6) is 0.0764. The molecule has 1 aromatic carbocycles. The number of methoxy groups -OCH3 is 1. The molecule has 1 aliphatic rings. The number of ketones is 1. The van der Waals surface area contributed by atoms with Gasteiger partial charge in [-0.1, -0.05) is 24.3 Å². The molecule has 114 valence electrons. The van der Waals surface area contributed by atoms with Gasteiger partial charge in [-0.15, -0.1) is 13.2 Å². The summed E-state index contributed by atoms with van der Waals surface area (Å²) in [6.07, 6.45) is 2.85. The van der Waals surface area contributed by atoms with Crippen LogP contribution in [0.3, 0.4) is 0 Å². The van der Waals surface area contributed by atoms with Crippen LogP contribution in [0.25, 0.3) is 0 Å². The Kier molecular flexibility index (Phi) is 6.35. The molecule has 0 heterocycles. The highest BCUT2D eigenvalue weighted by Crippen LogP contribution is 2.39. The van der Waals surface area contributed by atoms with Crippen molar-refractivity contribution < 1.29 is 14.3 Å². The minimum atomic E-state index is -0.519. The summed E-state index contributed by atoms with van der Waals surface area (Å²) in [7, 11) is 1.43. The molecule has 3 nitrogen and oxygen atoms in total. The molecular weight excluding hydrogens is 264 g/mol. The predicted octanol–water partition coefficient (Wildman–Crippen LogP) is 3.64. The molecule has 3 heteroatoms. The van der Waals surface area contributed by atoms with Gasteiger partial charge in [0.15, 0.2) is 0 Å². The van der Waals surface area contributed by atoms with Crippen molar-refractivity contribution >= 4 is 11.8 Å². The van der Waals surface area contributed by atoms with E-state index < -0.39 is 5.41 Å². The van der Waals surface area contributed by atoms with Crippen molar-refractivity contribution in [2.45, 2.75) is 39.0 Å². The van der Waals surface area contributed by atoms with Crippen molar-refractivity contribution in [1.82, 2.24) is 0 Å². The number of hydrogen-bond donors (Lipinski definition) is 0. The van der Waals surface area contributed by atoms with Gasteiger partial charge in [0.05, 0.1) is 12.5 Å². The highest BCUT2D eigenvalue weighted by Gasteiger charge is 2.42. The van der Waals surface area contributed by atoms with Gasteiger partial charge in [0.1, 0.15) is 5.78 Å². The van der Waals surface area contributed by atoms with E-state index in [1.807, 2.05) is 25.1 Å². The summed E-state index contributed by atoms with van der Waals surface area (Å²) in [5.41, 5.74) is 1.83. The number of esters is 1. The van der Waals surface area contributed by atoms with Gasteiger partial charge in [-0.2, -0.15) is 0 Å². The summed E-state index contributed by atoms with van der Waals surface area (Å²) in [6, 6.07) is 8.08. The van der Waals surface area contributed by atoms with Crippen molar-refractivity contribution in [2.75, 3.05) is 7.11 Å². The van der Waals surface area contributed by atoms with Crippen molar-refractivity contribution in [3.63, 3.8) is 0 Å². The van der Waals surface area contributed by atoms with Crippen molar-refractivity contribution in [2.24, 2.45) is 5.41 Å². The first kappa shape index (κ1) is 17.2. The Balaban J connectivity index is 0.00000106. The third-order valence-corrected chi connectivity index (χ3v) is 4.17. The molecule has 0 atom stereocenters. The van der Waals surface area contributed by atoms with Gasteiger partial charge >= 0.3 is 5.97 Å². The van der Waals surface area contributed by atoms with E-state index in [-0.39, 0.29) is 11.8 Å². The molecule has 21 heavy (non-hydrogen) atoms. The maximum atomic E-state index is 12.2. The molecule has 0 spiro atoms. The molecule has 0 saturated heterocycles.